The second-order valence-electron chi connectivity index (χ2n) is 6.53. The highest BCUT2D eigenvalue weighted by Gasteiger charge is 2.47. The van der Waals surface area contributed by atoms with Crippen LogP contribution in [-0.4, -0.2) is 66.1 Å². The van der Waals surface area contributed by atoms with Gasteiger partial charge in [-0.2, -0.15) is 0 Å². The van der Waals surface area contributed by atoms with Gasteiger partial charge in [-0.15, -0.1) is 0 Å². The van der Waals surface area contributed by atoms with Crippen molar-refractivity contribution in [3.05, 3.63) is 29.8 Å². The van der Waals surface area contributed by atoms with Crippen LogP contribution in [0.15, 0.2) is 24.3 Å². The fourth-order valence-electron chi connectivity index (χ4n) is 3.00. The third-order valence-electron chi connectivity index (χ3n) is 4.44. The molecule has 0 unspecified atom stereocenters. The summed E-state index contributed by atoms with van der Waals surface area (Å²) in [6.07, 6.45) is -2.96. The lowest BCUT2D eigenvalue weighted by molar-refractivity contribution is -0.250. The monoisotopic (exact) mass is 356 g/mol. The molecule has 8 nitrogen and oxygen atoms in total. The Hall–Kier alpha value is -1.68. The first-order chi connectivity index (χ1) is 11.6. The molecule has 0 aliphatic heterocycles. The highest BCUT2D eigenvalue weighted by atomic mass is 16.6. The number of hydrogen-bond acceptors (Lipinski definition) is 8. The van der Waals surface area contributed by atoms with Gasteiger partial charge in [-0.25, -0.2) is 0 Å². The molecule has 2 rings (SSSR count). The Labute approximate surface area is 144 Å². The Balaban J connectivity index is 2.03. The maximum absolute atomic E-state index is 10.2. The Morgan fingerprint density at radius 2 is 1.84 bits per heavy atom. The summed E-state index contributed by atoms with van der Waals surface area (Å²) in [4.78, 5) is 0. The van der Waals surface area contributed by atoms with Gasteiger partial charge in [-0.1, -0.05) is 19.1 Å². The van der Waals surface area contributed by atoms with E-state index in [-0.39, 0.29) is 24.3 Å². The van der Waals surface area contributed by atoms with Crippen molar-refractivity contribution in [2.24, 2.45) is 5.92 Å². The van der Waals surface area contributed by atoms with Crippen molar-refractivity contribution < 1.29 is 40.5 Å². The second kappa shape index (κ2) is 7.69. The molecular weight excluding hydrogens is 332 g/mol. The number of aromatic hydroxyl groups is 2. The third-order valence-corrected chi connectivity index (χ3v) is 4.44. The molecule has 8 heteroatoms. The van der Waals surface area contributed by atoms with E-state index in [9.17, 15) is 35.7 Å². The molecule has 140 valence electrons. The number of phenols is 2. The molecule has 5 atom stereocenters. The second-order valence-corrected chi connectivity index (χ2v) is 6.53. The number of rotatable bonds is 5. The van der Waals surface area contributed by atoms with Crippen molar-refractivity contribution >= 4 is 6.08 Å². The van der Waals surface area contributed by atoms with Gasteiger partial charge in [0.1, 0.15) is 5.60 Å². The fourth-order valence-corrected chi connectivity index (χ4v) is 3.00. The van der Waals surface area contributed by atoms with Crippen LogP contribution in [0, 0.1) is 5.92 Å². The number of ether oxygens (including phenoxy) is 1. The SMILES string of the molecule is C[C@H]1C[C@@](O)(C(O)O)C[C@@H](O[C@H](O)C=Cc2ccc(O)c(O)c2)[C@H]1O. The van der Waals surface area contributed by atoms with Crippen molar-refractivity contribution in [1.29, 1.82) is 0 Å². The van der Waals surface area contributed by atoms with Crippen molar-refractivity contribution in [3.63, 3.8) is 0 Å². The summed E-state index contributed by atoms with van der Waals surface area (Å²) < 4.78 is 5.32. The van der Waals surface area contributed by atoms with E-state index in [1.54, 1.807) is 6.92 Å². The van der Waals surface area contributed by atoms with Crippen LogP contribution in [0.4, 0.5) is 0 Å². The lowest BCUT2D eigenvalue weighted by Gasteiger charge is -2.43. The van der Waals surface area contributed by atoms with Gasteiger partial charge in [0.2, 0.25) is 0 Å². The molecule has 0 bridgehead atoms. The summed E-state index contributed by atoms with van der Waals surface area (Å²) in [6, 6.07) is 4.09. The largest absolute Gasteiger partial charge is 0.504 e. The van der Waals surface area contributed by atoms with Gasteiger partial charge in [0.05, 0.1) is 12.2 Å². The fraction of sp³-hybridized carbons (Fsp3) is 0.529. The molecule has 1 aliphatic rings. The summed E-state index contributed by atoms with van der Waals surface area (Å²) in [5.74, 6) is -1.04. The zero-order valence-electron chi connectivity index (χ0n) is 13.7. The predicted octanol–water partition coefficient (Wildman–Crippen LogP) is -0.353. The molecule has 1 aromatic carbocycles. The molecule has 1 aromatic rings. The summed E-state index contributed by atoms with van der Waals surface area (Å²) in [5, 5.41) is 67.7. The summed E-state index contributed by atoms with van der Waals surface area (Å²) in [6.45, 7) is 1.63. The minimum Gasteiger partial charge on any atom is -0.504 e. The van der Waals surface area contributed by atoms with E-state index in [0.717, 1.165) is 0 Å². The lowest BCUT2D eigenvalue weighted by Crippen LogP contribution is -2.56. The quantitative estimate of drug-likeness (QED) is 0.279. The van der Waals surface area contributed by atoms with Crippen molar-refractivity contribution in [3.8, 4) is 11.5 Å². The zero-order valence-corrected chi connectivity index (χ0v) is 13.7. The lowest BCUT2D eigenvalue weighted by atomic mass is 9.75. The number of hydrogen-bond donors (Lipinski definition) is 7. The van der Waals surface area contributed by atoms with Crippen LogP contribution in [-0.2, 0) is 4.74 Å². The molecule has 1 aliphatic carbocycles. The van der Waals surface area contributed by atoms with E-state index >= 15 is 0 Å². The first-order valence-corrected chi connectivity index (χ1v) is 7.92. The Morgan fingerprint density at radius 3 is 2.44 bits per heavy atom. The average Bonchev–Trinajstić information content (AvgIpc) is 2.53. The number of benzene rings is 1. The minimum absolute atomic E-state index is 0.00951. The summed E-state index contributed by atoms with van der Waals surface area (Å²) >= 11 is 0. The highest BCUT2D eigenvalue weighted by molar-refractivity contribution is 5.55. The molecule has 0 amide bonds. The molecule has 7 N–H and O–H groups in total. The predicted molar refractivity (Wildman–Crippen MR) is 87.3 cm³/mol. The maximum Gasteiger partial charge on any atom is 0.181 e. The number of aliphatic hydroxyl groups is 5. The van der Waals surface area contributed by atoms with Crippen LogP contribution in [0.2, 0.25) is 0 Å². The molecule has 0 aromatic heterocycles. The average molecular weight is 356 g/mol. The smallest absolute Gasteiger partial charge is 0.181 e. The summed E-state index contributed by atoms with van der Waals surface area (Å²) in [7, 11) is 0. The molecular formula is C17H24O8. The molecule has 0 spiro atoms. The molecule has 1 saturated carbocycles. The summed E-state index contributed by atoms with van der Waals surface area (Å²) in [5.41, 5.74) is -1.33. The normalized spacial score (nSPS) is 31.6. The van der Waals surface area contributed by atoms with Gasteiger partial charge in [0.15, 0.2) is 24.1 Å². The van der Waals surface area contributed by atoms with Gasteiger partial charge in [-0.05, 0) is 36.1 Å². The molecule has 0 radical (unpaired) electrons. The topological polar surface area (TPSA) is 151 Å². The van der Waals surface area contributed by atoms with Crippen molar-refractivity contribution in [2.45, 2.75) is 50.2 Å². The maximum atomic E-state index is 10.2. The van der Waals surface area contributed by atoms with Gasteiger partial charge < -0.3 is 40.5 Å². The Morgan fingerprint density at radius 1 is 1.16 bits per heavy atom. The van der Waals surface area contributed by atoms with Gasteiger partial charge >= 0.3 is 0 Å². The Kier molecular flexibility index (Phi) is 6.04. The first kappa shape index (κ1) is 19.6. The number of aliphatic hydroxyl groups excluding tert-OH is 3. The van der Waals surface area contributed by atoms with E-state index in [0.29, 0.717) is 5.56 Å². The zero-order chi connectivity index (χ0) is 18.8. The van der Waals surface area contributed by atoms with Crippen molar-refractivity contribution in [2.75, 3.05) is 0 Å². The third kappa shape index (κ3) is 4.69. The van der Waals surface area contributed by atoms with E-state index in [4.69, 9.17) is 4.74 Å². The van der Waals surface area contributed by atoms with E-state index in [2.05, 4.69) is 0 Å². The van der Waals surface area contributed by atoms with Crippen LogP contribution in [0.3, 0.4) is 0 Å². The standard InChI is InChI=1S/C17H24O8/c1-9-7-17(24,16(22)23)8-13(15(9)21)25-14(20)5-3-10-2-4-11(18)12(19)6-10/h2-6,9,13-16,18-24H,7-8H2,1H3/t9-,13+,14-,15-,17-/m0/s1. The van der Waals surface area contributed by atoms with Crippen LogP contribution in [0.5, 0.6) is 11.5 Å². The molecule has 0 heterocycles. The van der Waals surface area contributed by atoms with Crippen molar-refractivity contribution in [1.82, 2.24) is 0 Å². The van der Waals surface area contributed by atoms with Crippen LogP contribution < -0.4 is 0 Å². The van der Waals surface area contributed by atoms with E-state index < -0.39 is 36.3 Å². The number of phenolic OH excluding ortho intramolecular Hbond substituents is 2. The van der Waals surface area contributed by atoms with Crippen LogP contribution in [0.1, 0.15) is 25.3 Å². The van der Waals surface area contributed by atoms with Gasteiger partial charge in [-0.3, -0.25) is 0 Å². The van der Waals surface area contributed by atoms with E-state index in [1.165, 1.54) is 30.4 Å². The first-order valence-electron chi connectivity index (χ1n) is 7.92. The van der Waals surface area contributed by atoms with Gasteiger partial charge in [0, 0.05) is 6.42 Å². The molecule has 25 heavy (non-hydrogen) atoms. The molecule has 0 saturated heterocycles. The van der Waals surface area contributed by atoms with Crippen LogP contribution >= 0.6 is 0 Å². The van der Waals surface area contributed by atoms with Crippen LogP contribution in [0.25, 0.3) is 6.08 Å². The highest BCUT2D eigenvalue weighted by Crippen LogP contribution is 2.36. The van der Waals surface area contributed by atoms with Gasteiger partial charge in [0.25, 0.3) is 0 Å². The Bertz CT molecular complexity index is 617. The minimum atomic E-state index is -1.98. The molecule has 1 fully saturated rings. The van der Waals surface area contributed by atoms with E-state index in [1.807, 2.05) is 0 Å².